The summed E-state index contributed by atoms with van der Waals surface area (Å²) in [6, 6.07) is 17.9. The molecule has 9 heteroatoms. The number of hydrogen-bond acceptors (Lipinski definition) is 4. The highest BCUT2D eigenvalue weighted by molar-refractivity contribution is 7.89. The Hall–Kier alpha value is -3.30. The molecule has 0 saturated carbocycles. The molecular formula is C24H22F2N2O4S. The summed E-state index contributed by atoms with van der Waals surface area (Å²) in [4.78, 5) is 14.3. The molecule has 0 spiro atoms. The Bertz CT molecular complexity index is 1240. The Morgan fingerprint density at radius 2 is 1.48 bits per heavy atom. The van der Waals surface area contributed by atoms with Gasteiger partial charge in [-0.15, -0.1) is 0 Å². The highest BCUT2D eigenvalue weighted by Crippen LogP contribution is 2.24. The van der Waals surface area contributed by atoms with Gasteiger partial charge in [-0.05, 0) is 42.0 Å². The molecule has 3 aromatic carbocycles. The van der Waals surface area contributed by atoms with E-state index in [4.69, 9.17) is 4.74 Å². The second kappa shape index (κ2) is 9.68. The predicted molar refractivity (Wildman–Crippen MR) is 118 cm³/mol. The molecule has 1 amide bonds. The number of carbonyl (C=O) groups excluding carboxylic acids is 1. The Morgan fingerprint density at radius 1 is 0.848 bits per heavy atom. The van der Waals surface area contributed by atoms with Crippen molar-refractivity contribution in [1.82, 2.24) is 9.21 Å². The first kappa shape index (κ1) is 22.9. The molecule has 33 heavy (non-hydrogen) atoms. The minimum Gasteiger partial charge on any atom is -0.488 e. The van der Waals surface area contributed by atoms with Crippen LogP contribution in [0.5, 0.6) is 5.75 Å². The number of rotatable bonds is 6. The average Bonchev–Trinajstić information content (AvgIpc) is 2.84. The van der Waals surface area contributed by atoms with E-state index in [1.54, 1.807) is 41.3 Å². The van der Waals surface area contributed by atoms with Crippen molar-refractivity contribution in [3.05, 3.63) is 95.6 Å². The van der Waals surface area contributed by atoms with Gasteiger partial charge >= 0.3 is 0 Å². The summed E-state index contributed by atoms with van der Waals surface area (Å²) in [5.74, 6) is -1.05. The maximum Gasteiger partial charge on any atom is 0.257 e. The zero-order valence-electron chi connectivity index (χ0n) is 17.7. The molecule has 0 aromatic heterocycles. The lowest BCUT2D eigenvalue weighted by Crippen LogP contribution is -2.50. The van der Waals surface area contributed by atoms with Crippen LogP contribution in [0.2, 0.25) is 0 Å². The number of nitrogens with zero attached hydrogens (tertiary/aromatic N) is 2. The third kappa shape index (κ3) is 5.04. The molecule has 0 unspecified atom stereocenters. The van der Waals surface area contributed by atoms with Gasteiger partial charge in [-0.25, -0.2) is 17.2 Å². The van der Waals surface area contributed by atoms with Crippen LogP contribution in [-0.2, 0) is 16.6 Å². The molecular weight excluding hydrogens is 450 g/mol. The first-order chi connectivity index (χ1) is 15.9. The van der Waals surface area contributed by atoms with E-state index >= 15 is 0 Å². The predicted octanol–water partition coefficient (Wildman–Crippen LogP) is 3.69. The van der Waals surface area contributed by atoms with Gasteiger partial charge in [-0.2, -0.15) is 4.31 Å². The van der Waals surface area contributed by atoms with Gasteiger partial charge < -0.3 is 9.64 Å². The number of halogens is 2. The number of amides is 1. The largest absolute Gasteiger partial charge is 0.488 e. The zero-order valence-corrected chi connectivity index (χ0v) is 18.5. The molecule has 1 aliphatic rings. The normalized spacial score (nSPS) is 14.8. The van der Waals surface area contributed by atoms with Gasteiger partial charge in [-0.3, -0.25) is 4.79 Å². The molecule has 0 aliphatic carbocycles. The van der Waals surface area contributed by atoms with Crippen molar-refractivity contribution in [3.63, 3.8) is 0 Å². The molecule has 0 bridgehead atoms. The quantitative estimate of drug-likeness (QED) is 0.549. The summed E-state index contributed by atoms with van der Waals surface area (Å²) in [5, 5.41) is 0. The summed E-state index contributed by atoms with van der Waals surface area (Å²) < 4.78 is 59.7. The fourth-order valence-corrected chi connectivity index (χ4v) is 5.09. The standard InChI is InChI=1S/C24H22F2N2O4S/c25-19-11-9-18(10-12-19)17-32-22-7-3-1-5-20(22)24(29)27-13-15-28(16-14-27)33(30,31)23-8-4-2-6-21(23)26/h1-12H,13-17H2. The molecule has 1 heterocycles. The first-order valence-corrected chi connectivity index (χ1v) is 11.8. The van der Waals surface area contributed by atoms with Crippen molar-refractivity contribution < 1.29 is 26.7 Å². The van der Waals surface area contributed by atoms with Crippen molar-refractivity contribution in [1.29, 1.82) is 0 Å². The minimum atomic E-state index is -3.99. The fourth-order valence-electron chi connectivity index (χ4n) is 3.61. The van der Waals surface area contributed by atoms with Gasteiger partial charge in [0.2, 0.25) is 10.0 Å². The van der Waals surface area contributed by atoms with Gasteiger partial charge in [0.05, 0.1) is 5.56 Å². The molecule has 0 atom stereocenters. The van der Waals surface area contributed by atoms with Crippen LogP contribution >= 0.6 is 0 Å². The maximum absolute atomic E-state index is 14.0. The minimum absolute atomic E-state index is 0.0566. The van der Waals surface area contributed by atoms with E-state index in [0.717, 1.165) is 11.6 Å². The number of sulfonamides is 1. The summed E-state index contributed by atoms with van der Waals surface area (Å²) in [7, 11) is -3.99. The van der Waals surface area contributed by atoms with Crippen LogP contribution in [0.15, 0.2) is 77.7 Å². The molecule has 0 N–H and O–H groups in total. The van der Waals surface area contributed by atoms with E-state index in [1.807, 2.05) is 0 Å². The molecule has 1 fully saturated rings. The van der Waals surface area contributed by atoms with Gasteiger partial charge in [0, 0.05) is 26.2 Å². The van der Waals surface area contributed by atoms with E-state index in [1.165, 1.54) is 34.6 Å². The average molecular weight is 473 g/mol. The summed E-state index contributed by atoms with van der Waals surface area (Å²) in [6.45, 7) is 0.610. The topological polar surface area (TPSA) is 66.9 Å². The van der Waals surface area contributed by atoms with Crippen LogP contribution in [0.3, 0.4) is 0 Å². The molecule has 1 saturated heterocycles. The highest BCUT2D eigenvalue weighted by Gasteiger charge is 2.32. The highest BCUT2D eigenvalue weighted by atomic mass is 32.2. The first-order valence-electron chi connectivity index (χ1n) is 10.4. The second-order valence-corrected chi connectivity index (χ2v) is 9.44. The van der Waals surface area contributed by atoms with Crippen molar-refractivity contribution >= 4 is 15.9 Å². The molecule has 3 aromatic rings. The number of carbonyl (C=O) groups is 1. The van der Waals surface area contributed by atoms with Crippen molar-refractivity contribution in [2.24, 2.45) is 0 Å². The maximum atomic E-state index is 14.0. The van der Waals surface area contributed by atoms with Crippen LogP contribution in [0.1, 0.15) is 15.9 Å². The smallest absolute Gasteiger partial charge is 0.257 e. The Kier molecular flexibility index (Phi) is 6.71. The number of para-hydroxylation sites is 1. The van der Waals surface area contributed by atoms with Crippen molar-refractivity contribution in [2.45, 2.75) is 11.5 Å². The van der Waals surface area contributed by atoms with E-state index in [0.29, 0.717) is 11.3 Å². The van der Waals surface area contributed by atoms with E-state index < -0.39 is 15.8 Å². The zero-order chi connectivity index (χ0) is 23.4. The van der Waals surface area contributed by atoms with Crippen LogP contribution in [0.4, 0.5) is 8.78 Å². The molecule has 4 rings (SSSR count). The van der Waals surface area contributed by atoms with Gasteiger partial charge in [0.25, 0.3) is 5.91 Å². The van der Waals surface area contributed by atoms with Gasteiger partial charge in [-0.1, -0.05) is 36.4 Å². The monoisotopic (exact) mass is 472 g/mol. The number of benzene rings is 3. The Labute approximate surface area is 191 Å². The molecule has 1 aliphatic heterocycles. The lowest BCUT2D eigenvalue weighted by atomic mass is 10.1. The SMILES string of the molecule is O=C(c1ccccc1OCc1ccc(F)cc1)N1CCN(S(=O)(=O)c2ccccc2F)CC1. The van der Waals surface area contributed by atoms with E-state index in [2.05, 4.69) is 0 Å². The van der Waals surface area contributed by atoms with Crippen LogP contribution in [0, 0.1) is 11.6 Å². The summed E-state index contributed by atoms with van der Waals surface area (Å²) in [6.07, 6.45) is 0. The Balaban J connectivity index is 1.43. The third-order valence-corrected chi connectivity index (χ3v) is 7.34. The molecule has 6 nitrogen and oxygen atoms in total. The molecule has 172 valence electrons. The van der Waals surface area contributed by atoms with E-state index in [9.17, 15) is 22.0 Å². The Morgan fingerprint density at radius 3 is 2.18 bits per heavy atom. The number of hydrogen-bond donors (Lipinski definition) is 0. The molecule has 0 radical (unpaired) electrons. The fraction of sp³-hybridized carbons (Fsp3) is 0.208. The van der Waals surface area contributed by atoms with Crippen LogP contribution < -0.4 is 4.74 Å². The van der Waals surface area contributed by atoms with Gasteiger partial charge in [0.15, 0.2) is 0 Å². The van der Waals surface area contributed by atoms with Crippen molar-refractivity contribution in [3.8, 4) is 5.75 Å². The van der Waals surface area contributed by atoms with Crippen molar-refractivity contribution in [2.75, 3.05) is 26.2 Å². The third-order valence-electron chi connectivity index (χ3n) is 5.41. The van der Waals surface area contributed by atoms with Crippen LogP contribution in [0.25, 0.3) is 0 Å². The lowest BCUT2D eigenvalue weighted by Gasteiger charge is -2.34. The lowest BCUT2D eigenvalue weighted by molar-refractivity contribution is 0.0693. The number of piperazine rings is 1. The van der Waals surface area contributed by atoms with Gasteiger partial charge in [0.1, 0.15) is 28.9 Å². The number of ether oxygens (including phenoxy) is 1. The summed E-state index contributed by atoms with van der Waals surface area (Å²) in [5.41, 5.74) is 1.11. The van der Waals surface area contributed by atoms with Crippen LogP contribution in [-0.4, -0.2) is 49.7 Å². The van der Waals surface area contributed by atoms with E-state index in [-0.39, 0.29) is 49.4 Å². The second-order valence-electron chi connectivity index (χ2n) is 7.54. The summed E-state index contributed by atoms with van der Waals surface area (Å²) >= 11 is 0.